The Morgan fingerprint density at radius 2 is 1.60 bits per heavy atom. The Morgan fingerprint density at radius 3 is 2.20 bits per heavy atom. The minimum absolute atomic E-state index is 0.313. The zero-order chi connectivity index (χ0) is 18.1. The molecule has 0 spiro atoms. The van der Waals surface area contributed by atoms with E-state index in [2.05, 4.69) is 29.7 Å². The number of benzene rings is 2. The summed E-state index contributed by atoms with van der Waals surface area (Å²) in [6, 6.07) is 19.2. The van der Waals surface area contributed by atoms with Crippen LogP contribution in [-0.4, -0.2) is 41.5 Å². The van der Waals surface area contributed by atoms with Crippen molar-refractivity contribution in [1.29, 1.82) is 0 Å². The molecule has 0 saturated heterocycles. The lowest BCUT2D eigenvalue weighted by Gasteiger charge is -2.24. The number of nitrogens with one attached hydrogen (secondary N) is 2. The quantitative estimate of drug-likeness (QED) is 0.565. The van der Waals surface area contributed by atoms with Crippen molar-refractivity contribution in [2.75, 3.05) is 13.1 Å². The number of carboxylic acid groups (broad SMARTS) is 1. The molecule has 0 bridgehead atoms. The van der Waals surface area contributed by atoms with Gasteiger partial charge >= 0.3 is 6.09 Å². The van der Waals surface area contributed by atoms with Crippen molar-refractivity contribution in [2.24, 2.45) is 0 Å². The van der Waals surface area contributed by atoms with Crippen LogP contribution in [0.4, 0.5) is 4.79 Å². The zero-order valence-corrected chi connectivity index (χ0v) is 14.4. The Labute approximate surface area is 148 Å². The van der Waals surface area contributed by atoms with Crippen molar-refractivity contribution in [3.8, 4) is 0 Å². The fourth-order valence-corrected chi connectivity index (χ4v) is 2.80. The molecule has 0 radical (unpaired) electrons. The fraction of sp³-hybridized carbons (Fsp3) is 0.350. The molecule has 0 heterocycles. The van der Waals surface area contributed by atoms with Crippen molar-refractivity contribution in [3.05, 3.63) is 71.8 Å². The largest absolute Gasteiger partial charge is 0.465 e. The number of carbonyl (C=O) groups is 1. The summed E-state index contributed by atoms with van der Waals surface area (Å²) in [4.78, 5) is 11.0. The topological polar surface area (TPSA) is 81.6 Å². The van der Waals surface area contributed by atoms with Gasteiger partial charge in [0, 0.05) is 13.1 Å². The van der Waals surface area contributed by atoms with Crippen LogP contribution in [0.3, 0.4) is 0 Å². The van der Waals surface area contributed by atoms with E-state index in [-0.39, 0.29) is 0 Å². The Morgan fingerprint density at radius 1 is 1.00 bits per heavy atom. The fourth-order valence-electron chi connectivity index (χ4n) is 2.80. The van der Waals surface area contributed by atoms with E-state index in [0.29, 0.717) is 25.4 Å². The average molecular weight is 342 g/mol. The predicted molar refractivity (Wildman–Crippen MR) is 98.8 cm³/mol. The molecule has 1 amide bonds. The number of rotatable bonds is 9. The van der Waals surface area contributed by atoms with E-state index in [9.17, 15) is 9.90 Å². The van der Waals surface area contributed by atoms with Crippen LogP contribution in [-0.2, 0) is 6.42 Å². The number of hydrogen-bond donors (Lipinski definition) is 4. The molecule has 0 aliphatic carbocycles. The molecule has 134 valence electrons. The van der Waals surface area contributed by atoms with Gasteiger partial charge in [0.2, 0.25) is 0 Å². The lowest BCUT2D eigenvalue weighted by atomic mass is 10.00. The van der Waals surface area contributed by atoms with Crippen molar-refractivity contribution in [2.45, 2.75) is 31.4 Å². The van der Waals surface area contributed by atoms with Gasteiger partial charge in [0.15, 0.2) is 0 Å². The number of aliphatic hydroxyl groups is 1. The second-order valence-corrected chi connectivity index (χ2v) is 6.28. The van der Waals surface area contributed by atoms with Crippen LogP contribution in [0.15, 0.2) is 60.7 Å². The highest BCUT2D eigenvalue weighted by atomic mass is 16.4. The smallest absolute Gasteiger partial charge is 0.404 e. The highest BCUT2D eigenvalue weighted by Gasteiger charge is 2.21. The standard InChI is InChI=1S/C20H26N2O3/c1-15(17-10-6-3-7-11-17)13-21-14-19(23)18(22-20(24)25)12-16-8-4-2-5-9-16/h2-11,15,18-19,21-23H,12-14H2,1H3,(H,24,25). The summed E-state index contributed by atoms with van der Waals surface area (Å²) in [7, 11) is 0. The molecule has 0 aliphatic heterocycles. The molecular formula is C20H26N2O3. The first kappa shape index (κ1) is 19.0. The maximum Gasteiger partial charge on any atom is 0.404 e. The van der Waals surface area contributed by atoms with E-state index in [1.54, 1.807) is 0 Å². The van der Waals surface area contributed by atoms with Crippen LogP contribution in [0.25, 0.3) is 0 Å². The first-order valence-electron chi connectivity index (χ1n) is 8.53. The van der Waals surface area contributed by atoms with E-state index in [4.69, 9.17) is 5.11 Å². The summed E-state index contributed by atoms with van der Waals surface area (Å²) < 4.78 is 0. The Kier molecular flexibility index (Phi) is 7.44. The minimum atomic E-state index is -1.13. The summed E-state index contributed by atoms with van der Waals surface area (Å²) in [5.41, 5.74) is 2.21. The van der Waals surface area contributed by atoms with Crippen molar-refractivity contribution < 1.29 is 15.0 Å². The van der Waals surface area contributed by atoms with Crippen LogP contribution >= 0.6 is 0 Å². The van der Waals surface area contributed by atoms with Crippen LogP contribution < -0.4 is 10.6 Å². The maximum atomic E-state index is 11.0. The molecule has 5 nitrogen and oxygen atoms in total. The van der Waals surface area contributed by atoms with Gasteiger partial charge in [-0.2, -0.15) is 0 Å². The zero-order valence-electron chi connectivity index (χ0n) is 14.4. The van der Waals surface area contributed by atoms with Crippen molar-refractivity contribution >= 4 is 6.09 Å². The van der Waals surface area contributed by atoms with Gasteiger partial charge in [0.1, 0.15) is 0 Å². The average Bonchev–Trinajstić information content (AvgIpc) is 2.62. The van der Waals surface area contributed by atoms with E-state index >= 15 is 0 Å². The molecule has 0 aromatic heterocycles. The van der Waals surface area contributed by atoms with Gasteiger partial charge in [0.25, 0.3) is 0 Å². The van der Waals surface area contributed by atoms with Gasteiger partial charge < -0.3 is 20.8 Å². The van der Waals surface area contributed by atoms with E-state index < -0.39 is 18.2 Å². The third-order valence-corrected chi connectivity index (χ3v) is 4.24. The Balaban J connectivity index is 1.86. The van der Waals surface area contributed by atoms with E-state index in [0.717, 1.165) is 5.56 Å². The summed E-state index contributed by atoms with van der Waals surface area (Å²) in [5, 5.41) is 25.1. The number of amides is 1. The van der Waals surface area contributed by atoms with Crippen LogP contribution in [0.2, 0.25) is 0 Å². The summed E-state index contributed by atoms with van der Waals surface area (Å²) in [6.45, 7) is 3.16. The number of aliphatic hydroxyl groups excluding tert-OH is 1. The van der Waals surface area contributed by atoms with Gasteiger partial charge in [-0.25, -0.2) is 4.79 Å². The van der Waals surface area contributed by atoms with Gasteiger partial charge in [-0.05, 0) is 23.5 Å². The molecule has 3 atom stereocenters. The molecule has 4 N–H and O–H groups in total. The third kappa shape index (κ3) is 6.57. The van der Waals surface area contributed by atoms with Gasteiger partial charge in [0.05, 0.1) is 12.1 Å². The molecule has 0 saturated carbocycles. The number of hydrogen-bond acceptors (Lipinski definition) is 3. The highest BCUT2D eigenvalue weighted by molar-refractivity contribution is 5.65. The normalized spacial score (nSPS) is 14.5. The van der Waals surface area contributed by atoms with Crippen LogP contribution in [0, 0.1) is 0 Å². The van der Waals surface area contributed by atoms with Gasteiger partial charge in [-0.1, -0.05) is 67.6 Å². The van der Waals surface area contributed by atoms with Gasteiger partial charge in [-0.15, -0.1) is 0 Å². The van der Waals surface area contributed by atoms with Crippen molar-refractivity contribution in [1.82, 2.24) is 10.6 Å². The first-order valence-corrected chi connectivity index (χ1v) is 8.53. The molecule has 2 rings (SSSR count). The molecule has 0 fully saturated rings. The molecule has 2 aromatic carbocycles. The minimum Gasteiger partial charge on any atom is -0.465 e. The molecule has 25 heavy (non-hydrogen) atoms. The SMILES string of the molecule is CC(CNCC(O)C(Cc1ccccc1)NC(=O)O)c1ccccc1. The van der Waals surface area contributed by atoms with Crippen LogP contribution in [0.1, 0.15) is 24.0 Å². The monoisotopic (exact) mass is 342 g/mol. The molecular weight excluding hydrogens is 316 g/mol. The summed E-state index contributed by atoms with van der Waals surface area (Å²) in [5.74, 6) is 0.313. The van der Waals surface area contributed by atoms with Crippen molar-refractivity contribution in [3.63, 3.8) is 0 Å². The Bertz CT molecular complexity index is 634. The molecule has 5 heteroatoms. The van der Waals surface area contributed by atoms with Crippen LogP contribution in [0.5, 0.6) is 0 Å². The highest BCUT2D eigenvalue weighted by Crippen LogP contribution is 2.13. The predicted octanol–water partition coefficient (Wildman–Crippen LogP) is 2.62. The molecule has 3 unspecified atom stereocenters. The molecule has 0 aliphatic rings. The first-order chi connectivity index (χ1) is 12.1. The van der Waals surface area contributed by atoms with E-state index in [1.807, 2.05) is 48.5 Å². The summed E-state index contributed by atoms with van der Waals surface area (Å²) in [6.07, 6.45) is -1.48. The Hall–Kier alpha value is -2.37. The lowest BCUT2D eigenvalue weighted by molar-refractivity contribution is 0.117. The second-order valence-electron chi connectivity index (χ2n) is 6.28. The summed E-state index contributed by atoms with van der Waals surface area (Å²) >= 11 is 0. The third-order valence-electron chi connectivity index (χ3n) is 4.24. The second kappa shape index (κ2) is 9.81. The molecule has 2 aromatic rings. The lowest BCUT2D eigenvalue weighted by Crippen LogP contribution is -2.48. The van der Waals surface area contributed by atoms with Gasteiger partial charge in [-0.3, -0.25) is 0 Å². The van der Waals surface area contributed by atoms with E-state index in [1.165, 1.54) is 5.56 Å². The maximum absolute atomic E-state index is 11.0.